The van der Waals surface area contributed by atoms with Crippen molar-refractivity contribution in [2.45, 2.75) is 46.1 Å². The number of aryl methyl sites for hydroxylation is 3. The summed E-state index contributed by atoms with van der Waals surface area (Å²) in [6.45, 7) is 4.91. The Morgan fingerprint density at radius 1 is 1.14 bits per heavy atom. The molecule has 3 nitrogen and oxygen atoms in total. The first kappa shape index (κ1) is 11.5. The van der Waals surface area contributed by atoms with Crippen molar-refractivity contribution in [3.8, 4) is 0 Å². The molecule has 0 bridgehead atoms. The lowest BCUT2D eigenvalue weighted by Crippen LogP contribution is -2.02. The van der Waals surface area contributed by atoms with Gasteiger partial charge in [-0.3, -0.25) is 4.68 Å². The Balaban J connectivity index is 2.21. The Morgan fingerprint density at radius 2 is 1.86 bits per heavy atom. The molecule has 1 aromatic rings. The van der Waals surface area contributed by atoms with Crippen molar-refractivity contribution in [2.24, 2.45) is 0 Å². The van der Waals surface area contributed by atoms with E-state index in [-0.39, 0.29) is 0 Å². The predicted molar refractivity (Wildman–Crippen MR) is 58.7 cm³/mol. The van der Waals surface area contributed by atoms with E-state index in [0.717, 1.165) is 30.5 Å². The zero-order chi connectivity index (χ0) is 10.4. The quantitative estimate of drug-likeness (QED) is 0.540. The summed E-state index contributed by atoms with van der Waals surface area (Å²) in [4.78, 5) is 4.26. The highest BCUT2D eigenvalue weighted by atomic mass is 35.5. The first-order valence-electron chi connectivity index (χ1n) is 5.18. The predicted octanol–water partition coefficient (Wildman–Crippen LogP) is 2.69. The lowest BCUT2D eigenvalue weighted by atomic mass is 10.2. The molecule has 0 amide bonds. The zero-order valence-electron chi connectivity index (χ0n) is 8.96. The first-order valence-corrected chi connectivity index (χ1v) is 5.71. The summed E-state index contributed by atoms with van der Waals surface area (Å²) in [5.74, 6) is 2.66. The van der Waals surface area contributed by atoms with E-state index in [1.165, 1.54) is 19.3 Å². The molecule has 0 aliphatic heterocycles. The van der Waals surface area contributed by atoms with Crippen LogP contribution in [0.2, 0.25) is 0 Å². The van der Waals surface area contributed by atoms with Gasteiger partial charge in [0.25, 0.3) is 0 Å². The van der Waals surface area contributed by atoms with Crippen LogP contribution in [0.3, 0.4) is 0 Å². The molecular formula is C10H18ClN3. The highest BCUT2D eigenvalue weighted by Gasteiger charge is 2.00. The normalized spacial score (nSPS) is 10.8. The third-order valence-electron chi connectivity index (χ3n) is 2.22. The summed E-state index contributed by atoms with van der Waals surface area (Å²) in [5, 5.41) is 4.31. The average molecular weight is 216 g/mol. The molecule has 1 rings (SSSR count). The van der Waals surface area contributed by atoms with E-state index < -0.39 is 0 Å². The fraction of sp³-hybridized carbons (Fsp3) is 0.800. The molecule has 0 atom stereocenters. The standard InChI is InChI=1S/C10H18ClN3/c1-9-12-10(2)14(13-9)8-6-4-3-5-7-11/h3-8H2,1-2H3. The average Bonchev–Trinajstić information content (AvgIpc) is 2.45. The monoisotopic (exact) mass is 215 g/mol. The maximum Gasteiger partial charge on any atom is 0.147 e. The molecule has 0 aliphatic rings. The molecule has 0 aliphatic carbocycles. The van der Waals surface area contributed by atoms with E-state index in [9.17, 15) is 0 Å². The molecule has 0 saturated carbocycles. The van der Waals surface area contributed by atoms with Crippen LogP contribution in [0.25, 0.3) is 0 Å². The van der Waals surface area contributed by atoms with Crippen LogP contribution in [0.5, 0.6) is 0 Å². The van der Waals surface area contributed by atoms with Crippen molar-refractivity contribution in [1.82, 2.24) is 14.8 Å². The number of halogens is 1. The van der Waals surface area contributed by atoms with Gasteiger partial charge in [0.1, 0.15) is 11.6 Å². The number of hydrogen-bond donors (Lipinski definition) is 0. The molecule has 0 fully saturated rings. The van der Waals surface area contributed by atoms with E-state index >= 15 is 0 Å². The summed E-state index contributed by atoms with van der Waals surface area (Å²) in [6.07, 6.45) is 4.73. The van der Waals surface area contributed by atoms with Crippen LogP contribution >= 0.6 is 11.6 Å². The van der Waals surface area contributed by atoms with Gasteiger partial charge in [-0.25, -0.2) is 4.98 Å². The summed E-state index contributed by atoms with van der Waals surface area (Å²) < 4.78 is 1.98. The molecule has 0 N–H and O–H groups in total. The highest BCUT2D eigenvalue weighted by Crippen LogP contribution is 2.04. The second kappa shape index (κ2) is 6.02. The minimum absolute atomic E-state index is 0.779. The minimum atomic E-state index is 0.779. The van der Waals surface area contributed by atoms with Crippen LogP contribution in [0.4, 0.5) is 0 Å². The molecule has 0 unspecified atom stereocenters. The molecule has 1 aromatic heterocycles. The highest BCUT2D eigenvalue weighted by molar-refractivity contribution is 6.17. The zero-order valence-corrected chi connectivity index (χ0v) is 9.72. The SMILES string of the molecule is Cc1nc(C)n(CCCCCCCl)n1. The maximum atomic E-state index is 5.60. The molecule has 4 heteroatoms. The molecule has 0 saturated heterocycles. The van der Waals surface area contributed by atoms with Gasteiger partial charge in [-0.15, -0.1) is 11.6 Å². The third-order valence-corrected chi connectivity index (χ3v) is 2.48. The van der Waals surface area contributed by atoms with Crippen LogP contribution in [-0.2, 0) is 6.54 Å². The fourth-order valence-electron chi connectivity index (χ4n) is 1.48. The Kier molecular flexibility index (Phi) is 4.94. The smallest absolute Gasteiger partial charge is 0.147 e. The van der Waals surface area contributed by atoms with Crippen molar-refractivity contribution in [1.29, 1.82) is 0 Å². The van der Waals surface area contributed by atoms with Gasteiger partial charge in [0.15, 0.2) is 0 Å². The van der Waals surface area contributed by atoms with Gasteiger partial charge in [0.2, 0.25) is 0 Å². The van der Waals surface area contributed by atoms with Crippen molar-refractivity contribution >= 4 is 11.6 Å². The van der Waals surface area contributed by atoms with E-state index in [0.29, 0.717) is 0 Å². The summed E-state index contributed by atoms with van der Waals surface area (Å²) in [5.41, 5.74) is 0. The Morgan fingerprint density at radius 3 is 2.43 bits per heavy atom. The van der Waals surface area contributed by atoms with Gasteiger partial charge in [-0.2, -0.15) is 5.10 Å². The van der Waals surface area contributed by atoms with Gasteiger partial charge in [0.05, 0.1) is 0 Å². The van der Waals surface area contributed by atoms with Crippen LogP contribution in [0.15, 0.2) is 0 Å². The fourth-order valence-corrected chi connectivity index (χ4v) is 1.67. The van der Waals surface area contributed by atoms with E-state index in [2.05, 4.69) is 10.1 Å². The van der Waals surface area contributed by atoms with E-state index in [1.54, 1.807) is 0 Å². The third kappa shape index (κ3) is 3.66. The van der Waals surface area contributed by atoms with Gasteiger partial charge in [-0.1, -0.05) is 12.8 Å². The molecule has 80 valence electrons. The van der Waals surface area contributed by atoms with Crippen LogP contribution in [0.1, 0.15) is 37.3 Å². The van der Waals surface area contributed by atoms with Crippen molar-refractivity contribution < 1.29 is 0 Å². The Bertz CT molecular complexity index is 270. The van der Waals surface area contributed by atoms with Crippen molar-refractivity contribution in [3.63, 3.8) is 0 Å². The molecule has 0 spiro atoms. The Hall–Kier alpha value is -0.570. The number of rotatable bonds is 6. The molecule has 14 heavy (non-hydrogen) atoms. The topological polar surface area (TPSA) is 30.7 Å². The van der Waals surface area contributed by atoms with E-state index in [4.69, 9.17) is 11.6 Å². The summed E-state index contributed by atoms with van der Waals surface area (Å²) >= 11 is 5.60. The molecule has 1 heterocycles. The second-order valence-corrected chi connectivity index (χ2v) is 3.91. The second-order valence-electron chi connectivity index (χ2n) is 3.53. The molecule has 0 radical (unpaired) electrons. The van der Waals surface area contributed by atoms with Gasteiger partial charge < -0.3 is 0 Å². The maximum absolute atomic E-state index is 5.60. The van der Waals surface area contributed by atoms with Crippen LogP contribution in [-0.4, -0.2) is 20.6 Å². The minimum Gasteiger partial charge on any atom is -0.250 e. The first-order chi connectivity index (χ1) is 6.74. The number of aromatic nitrogens is 3. The van der Waals surface area contributed by atoms with Gasteiger partial charge >= 0.3 is 0 Å². The number of unbranched alkanes of at least 4 members (excludes halogenated alkanes) is 3. The number of hydrogen-bond acceptors (Lipinski definition) is 2. The lowest BCUT2D eigenvalue weighted by molar-refractivity contribution is 0.528. The number of alkyl halides is 1. The summed E-state index contributed by atoms with van der Waals surface area (Å²) in [7, 11) is 0. The molecule has 0 aromatic carbocycles. The number of nitrogens with zero attached hydrogens (tertiary/aromatic N) is 3. The van der Waals surface area contributed by atoms with Crippen molar-refractivity contribution in [2.75, 3.05) is 5.88 Å². The summed E-state index contributed by atoms with van der Waals surface area (Å²) in [6, 6.07) is 0. The van der Waals surface area contributed by atoms with Gasteiger partial charge in [-0.05, 0) is 26.7 Å². The lowest BCUT2D eigenvalue weighted by Gasteiger charge is -2.02. The van der Waals surface area contributed by atoms with Gasteiger partial charge in [0, 0.05) is 12.4 Å². The van der Waals surface area contributed by atoms with E-state index in [1.807, 2.05) is 18.5 Å². The van der Waals surface area contributed by atoms with Crippen LogP contribution < -0.4 is 0 Å². The largest absolute Gasteiger partial charge is 0.250 e. The van der Waals surface area contributed by atoms with Crippen LogP contribution in [0, 0.1) is 13.8 Å². The van der Waals surface area contributed by atoms with Crippen molar-refractivity contribution in [3.05, 3.63) is 11.6 Å². The molecular weight excluding hydrogens is 198 g/mol. The Labute approximate surface area is 90.5 Å².